The van der Waals surface area contributed by atoms with E-state index in [0.29, 0.717) is 0 Å². The number of aryl methyl sites for hydroxylation is 1. The minimum absolute atomic E-state index is 0.784. The van der Waals surface area contributed by atoms with Crippen molar-refractivity contribution in [3.8, 4) is 11.1 Å². The van der Waals surface area contributed by atoms with Gasteiger partial charge >= 0.3 is 0 Å². The number of anilines is 1. The number of hydrogen-bond acceptors (Lipinski definition) is 3. The van der Waals surface area contributed by atoms with E-state index in [1.165, 1.54) is 35.2 Å². The van der Waals surface area contributed by atoms with Gasteiger partial charge in [0.25, 0.3) is 0 Å². The maximum Gasteiger partial charge on any atom is 0.0637 e. The Labute approximate surface area is 151 Å². The zero-order valence-electron chi connectivity index (χ0n) is 15.2. The van der Waals surface area contributed by atoms with Gasteiger partial charge in [0.2, 0.25) is 0 Å². The van der Waals surface area contributed by atoms with Gasteiger partial charge in [0.1, 0.15) is 0 Å². The fraction of sp³-hybridized carbons (Fsp3) is 0.455. The highest BCUT2D eigenvalue weighted by Crippen LogP contribution is 2.42. The molecule has 2 aliphatic rings. The van der Waals surface area contributed by atoms with Crippen LogP contribution in [0.15, 0.2) is 36.4 Å². The quantitative estimate of drug-likeness (QED) is 0.926. The van der Waals surface area contributed by atoms with Crippen LogP contribution in [0.1, 0.15) is 23.1 Å². The molecule has 2 aliphatic heterocycles. The highest BCUT2D eigenvalue weighted by molar-refractivity contribution is 5.85. The molecule has 3 heteroatoms. The lowest BCUT2D eigenvalue weighted by Crippen LogP contribution is -2.33. The van der Waals surface area contributed by atoms with Crippen LogP contribution < -0.4 is 10.2 Å². The average molecular weight is 336 g/mol. The monoisotopic (exact) mass is 336 g/mol. The van der Waals surface area contributed by atoms with Crippen molar-refractivity contribution >= 4 is 5.69 Å². The molecule has 0 fully saturated rings. The summed E-state index contributed by atoms with van der Waals surface area (Å²) >= 11 is 0. The molecule has 132 valence electrons. The number of ether oxygens (including phenoxy) is 1. The second kappa shape index (κ2) is 7.59. The number of nitrogens with one attached hydrogen (secondary N) is 1. The number of fused-ring (bicyclic) bond motifs is 2. The van der Waals surface area contributed by atoms with Gasteiger partial charge in [0, 0.05) is 31.5 Å². The topological polar surface area (TPSA) is 24.5 Å². The fourth-order valence-corrected chi connectivity index (χ4v) is 4.36. The summed E-state index contributed by atoms with van der Waals surface area (Å²) in [4.78, 5) is 2.56. The Morgan fingerprint density at radius 2 is 1.88 bits per heavy atom. The maximum atomic E-state index is 5.39. The standard InChI is InChI=1S/C22H28N2O/c1-25-15-14-24-13-5-8-19-16-18-9-11-23-12-10-20(18)21(22(19)24)17-6-3-2-4-7-17/h2-4,6-7,16,23H,5,8-15H2,1H3. The highest BCUT2D eigenvalue weighted by Gasteiger charge is 2.26. The van der Waals surface area contributed by atoms with E-state index in [2.05, 4.69) is 46.6 Å². The minimum atomic E-state index is 0.784. The van der Waals surface area contributed by atoms with E-state index in [1.54, 1.807) is 18.2 Å². The molecule has 0 saturated heterocycles. The van der Waals surface area contributed by atoms with Crippen molar-refractivity contribution in [3.05, 3.63) is 53.1 Å². The van der Waals surface area contributed by atoms with E-state index in [0.717, 1.165) is 45.6 Å². The summed E-state index contributed by atoms with van der Waals surface area (Å²) in [5, 5.41) is 3.58. The lowest BCUT2D eigenvalue weighted by Gasteiger charge is -2.35. The van der Waals surface area contributed by atoms with Crippen LogP contribution in [0, 0.1) is 0 Å². The molecule has 1 N–H and O–H groups in total. The Hall–Kier alpha value is -1.84. The Kier molecular flexibility index (Phi) is 5.04. The molecule has 4 rings (SSSR count). The van der Waals surface area contributed by atoms with Crippen LogP contribution in [0.3, 0.4) is 0 Å². The summed E-state index contributed by atoms with van der Waals surface area (Å²) in [6.45, 7) is 5.05. The van der Waals surface area contributed by atoms with Crippen molar-refractivity contribution in [3.63, 3.8) is 0 Å². The molecule has 0 radical (unpaired) electrons. The molecule has 0 amide bonds. The minimum Gasteiger partial charge on any atom is -0.383 e. The van der Waals surface area contributed by atoms with Crippen molar-refractivity contribution in [2.24, 2.45) is 0 Å². The van der Waals surface area contributed by atoms with E-state index < -0.39 is 0 Å². The first-order valence-corrected chi connectivity index (χ1v) is 9.56. The van der Waals surface area contributed by atoms with Crippen molar-refractivity contribution in [1.82, 2.24) is 5.32 Å². The van der Waals surface area contributed by atoms with Crippen molar-refractivity contribution in [2.45, 2.75) is 25.7 Å². The summed E-state index contributed by atoms with van der Waals surface area (Å²) in [6, 6.07) is 13.5. The Balaban J connectivity index is 1.91. The molecule has 0 unspecified atom stereocenters. The number of benzene rings is 2. The zero-order valence-corrected chi connectivity index (χ0v) is 15.2. The van der Waals surface area contributed by atoms with Gasteiger partial charge in [-0.25, -0.2) is 0 Å². The SMILES string of the molecule is COCCN1CCCc2cc3c(c(-c4ccccc4)c21)CCNCC3. The van der Waals surface area contributed by atoms with Crippen molar-refractivity contribution in [2.75, 3.05) is 44.8 Å². The van der Waals surface area contributed by atoms with Crippen molar-refractivity contribution in [1.29, 1.82) is 0 Å². The lowest BCUT2D eigenvalue weighted by molar-refractivity contribution is 0.205. The predicted molar refractivity (Wildman–Crippen MR) is 105 cm³/mol. The molecule has 0 atom stereocenters. The second-order valence-corrected chi connectivity index (χ2v) is 7.10. The van der Waals surface area contributed by atoms with E-state index in [9.17, 15) is 0 Å². The highest BCUT2D eigenvalue weighted by atomic mass is 16.5. The molecular formula is C22H28N2O. The van der Waals surface area contributed by atoms with Crippen LogP contribution in [-0.2, 0) is 24.0 Å². The first-order valence-electron chi connectivity index (χ1n) is 9.56. The van der Waals surface area contributed by atoms with Gasteiger partial charge in [-0.3, -0.25) is 0 Å². The third kappa shape index (κ3) is 3.31. The molecule has 2 aromatic rings. The first kappa shape index (κ1) is 16.6. The molecule has 0 bridgehead atoms. The van der Waals surface area contributed by atoms with E-state index in [-0.39, 0.29) is 0 Å². The van der Waals surface area contributed by atoms with Crippen molar-refractivity contribution < 1.29 is 4.74 Å². The van der Waals surface area contributed by atoms with Crippen LogP contribution in [-0.4, -0.2) is 39.9 Å². The van der Waals surface area contributed by atoms with Crippen LogP contribution in [0.4, 0.5) is 5.69 Å². The molecule has 0 saturated carbocycles. The normalized spacial score (nSPS) is 16.9. The van der Waals surface area contributed by atoms with Crippen LogP contribution in [0.25, 0.3) is 11.1 Å². The molecule has 2 heterocycles. The fourth-order valence-electron chi connectivity index (χ4n) is 4.36. The summed E-state index contributed by atoms with van der Waals surface area (Å²) in [5.41, 5.74) is 8.95. The van der Waals surface area contributed by atoms with Crippen LogP contribution >= 0.6 is 0 Å². The summed E-state index contributed by atoms with van der Waals surface area (Å²) in [7, 11) is 1.80. The van der Waals surface area contributed by atoms with Gasteiger partial charge in [-0.05, 0) is 61.0 Å². The van der Waals surface area contributed by atoms with Gasteiger partial charge < -0.3 is 15.0 Å². The Bertz CT molecular complexity index is 727. The van der Waals surface area contributed by atoms with Gasteiger partial charge in [-0.2, -0.15) is 0 Å². The zero-order chi connectivity index (χ0) is 17.1. The molecule has 2 aromatic carbocycles. The van der Waals surface area contributed by atoms with E-state index in [4.69, 9.17) is 4.74 Å². The summed E-state index contributed by atoms with van der Waals surface area (Å²) in [5.74, 6) is 0. The number of methoxy groups -OCH3 is 1. The number of hydrogen-bond donors (Lipinski definition) is 1. The number of nitrogens with zero attached hydrogens (tertiary/aromatic N) is 1. The molecule has 0 aromatic heterocycles. The van der Waals surface area contributed by atoms with Gasteiger partial charge in [-0.15, -0.1) is 0 Å². The average Bonchev–Trinajstić information content (AvgIpc) is 2.90. The van der Waals surface area contributed by atoms with Gasteiger partial charge in [0.05, 0.1) is 6.61 Å². The largest absolute Gasteiger partial charge is 0.383 e. The summed E-state index contributed by atoms with van der Waals surface area (Å²) < 4.78 is 5.39. The van der Waals surface area contributed by atoms with E-state index >= 15 is 0 Å². The smallest absolute Gasteiger partial charge is 0.0637 e. The number of rotatable bonds is 4. The van der Waals surface area contributed by atoms with Crippen LogP contribution in [0.2, 0.25) is 0 Å². The molecule has 25 heavy (non-hydrogen) atoms. The molecule has 3 nitrogen and oxygen atoms in total. The van der Waals surface area contributed by atoms with Gasteiger partial charge in [0.15, 0.2) is 0 Å². The molecular weight excluding hydrogens is 308 g/mol. The Morgan fingerprint density at radius 3 is 2.72 bits per heavy atom. The first-order chi connectivity index (χ1) is 12.4. The Morgan fingerprint density at radius 1 is 1.04 bits per heavy atom. The second-order valence-electron chi connectivity index (χ2n) is 7.10. The summed E-state index contributed by atoms with van der Waals surface area (Å²) in [6.07, 6.45) is 4.69. The lowest BCUT2D eigenvalue weighted by atomic mass is 9.85. The molecule has 0 spiro atoms. The predicted octanol–water partition coefficient (Wildman–Crippen LogP) is 3.44. The third-order valence-corrected chi connectivity index (χ3v) is 5.52. The van der Waals surface area contributed by atoms with E-state index in [1.807, 2.05) is 0 Å². The maximum absolute atomic E-state index is 5.39. The molecule has 0 aliphatic carbocycles. The third-order valence-electron chi connectivity index (χ3n) is 5.52. The van der Waals surface area contributed by atoms with Gasteiger partial charge in [-0.1, -0.05) is 36.4 Å². The van der Waals surface area contributed by atoms with Crippen LogP contribution in [0.5, 0.6) is 0 Å².